The highest BCUT2D eigenvalue weighted by atomic mass is 16.5. The van der Waals surface area contributed by atoms with E-state index in [0.717, 1.165) is 49.8 Å². The summed E-state index contributed by atoms with van der Waals surface area (Å²) < 4.78 is 5.21. The topological polar surface area (TPSA) is 99.8 Å². The number of fused-ring (bicyclic) bond motifs is 5. The molecular formula is C23H33N5O3. The number of guanidine groups is 1. The van der Waals surface area contributed by atoms with Crippen molar-refractivity contribution >= 4 is 17.8 Å². The molecule has 2 heterocycles. The van der Waals surface area contributed by atoms with Crippen molar-refractivity contribution in [3.63, 3.8) is 0 Å². The van der Waals surface area contributed by atoms with Gasteiger partial charge < -0.3 is 15.2 Å². The average molecular weight is 428 g/mol. The summed E-state index contributed by atoms with van der Waals surface area (Å²) in [4.78, 5) is 31.6. The Morgan fingerprint density at radius 3 is 2.48 bits per heavy atom. The van der Waals surface area contributed by atoms with Crippen LogP contribution < -0.4 is 10.6 Å². The molecule has 1 aromatic rings. The molecule has 2 aliphatic carbocycles. The Balaban J connectivity index is 1.21. The number of carbonyl (C=O) groups is 2. The first-order chi connectivity index (χ1) is 15.0. The lowest BCUT2D eigenvalue weighted by molar-refractivity contribution is -0.140. The van der Waals surface area contributed by atoms with Gasteiger partial charge in [0, 0.05) is 31.7 Å². The number of hydrogen-bond acceptors (Lipinski definition) is 5. The van der Waals surface area contributed by atoms with E-state index in [0.29, 0.717) is 19.5 Å². The van der Waals surface area contributed by atoms with E-state index in [9.17, 15) is 9.59 Å². The summed E-state index contributed by atoms with van der Waals surface area (Å²) in [6.45, 7) is 8.53. The summed E-state index contributed by atoms with van der Waals surface area (Å²) in [7, 11) is 0. The maximum absolute atomic E-state index is 12.7. The molecule has 8 heteroatoms. The molecule has 4 atom stereocenters. The summed E-state index contributed by atoms with van der Waals surface area (Å²) in [5, 5.41) is 10.6. The second-order valence-electron chi connectivity index (χ2n) is 8.78. The molecule has 2 N–H and O–H groups in total. The van der Waals surface area contributed by atoms with Gasteiger partial charge in [-0.3, -0.25) is 19.5 Å². The van der Waals surface area contributed by atoms with Crippen LogP contribution in [0, 0.1) is 37.5 Å². The van der Waals surface area contributed by atoms with Crippen LogP contribution in [0.5, 0.6) is 0 Å². The number of rotatable bonds is 9. The van der Waals surface area contributed by atoms with E-state index in [1.165, 1.54) is 10.5 Å². The van der Waals surface area contributed by atoms with Crippen LogP contribution in [0.1, 0.15) is 43.2 Å². The molecule has 2 fully saturated rings. The van der Waals surface area contributed by atoms with E-state index in [1.807, 2.05) is 20.8 Å². The van der Waals surface area contributed by atoms with E-state index in [-0.39, 0.29) is 35.5 Å². The fraction of sp³-hybridized carbons (Fsp3) is 0.652. The summed E-state index contributed by atoms with van der Waals surface area (Å²) in [6, 6.07) is 0. The molecule has 4 rings (SSSR count). The minimum Gasteiger partial charge on any atom is -0.361 e. The Labute approximate surface area is 183 Å². The maximum atomic E-state index is 12.7. The first-order valence-electron chi connectivity index (χ1n) is 11.5. The van der Waals surface area contributed by atoms with Crippen molar-refractivity contribution in [1.29, 1.82) is 0 Å². The van der Waals surface area contributed by atoms with Crippen LogP contribution in [0.3, 0.4) is 0 Å². The number of amides is 2. The molecule has 1 saturated carbocycles. The van der Waals surface area contributed by atoms with Crippen LogP contribution in [0.25, 0.3) is 0 Å². The van der Waals surface area contributed by atoms with Gasteiger partial charge in [-0.1, -0.05) is 17.3 Å². The summed E-state index contributed by atoms with van der Waals surface area (Å²) in [6.07, 6.45) is 7.76. The standard InChI is InChI=1S/C23H33N5O3/c1-4-24-23(25-10-5-7-18-14(2)27-31-15(18)3)26-11-6-12-28-21(29)19-16-8-9-17(13-16)20(19)22(28)30/h8-9,16-17,19-20H,4-7,10-13H2,1-3H3,(H2,24,25,26). The van der Waals surface area contributed by atoms with Crippen LogP contribution in [-0.4, -0.2) is 54.0 Å². The highest BCUT2D eigenvalue weighted by Gasteiger charge is 2.58. The van der Waals surface area contributed by atoms with Crippen LogP contribution in [0.4, 0.5) is 0 Å². The van der Waals surface area contributed by atoms with E-state index in [2.05, 4.69) is 32.9 Å². The fourth-order valence-electron chi connectivity index (χ4n) is 5.28. The predicted molar refractivity (Wildman–Crippen MR) is 117 cm³/mol. The van der Waals surface area contributed by atoms with Crippen LogP contribution in [0.2, 0.25) is 0 Å². The van der Waals surface area contributed by atoms with Crippen LogP contribution >= 0.6 is 0 Å². The number of likely N-dealkylation sites (tertiary alicyclic amines) is 1. The first-order valence-corrected chi connectivity index (χ1v) is 11.5. The number of nitrogens with zero attached hydrogens (tertiary/aromatic N) is 3. The maximum Gasteiger partial charge on any atom is 0.233 e. The Kier molecular flexibility index (Phi) is 6.43. The van der Waals surface area contributed by atoms with Crippen molar-refractivity contribution in [2.45, 2.75) is 46.5 Å². The Hall–Kier alpha value is -2.64. The highest BCUT2D eigenvalue weighted by molar-refractivity contribution is 6.06. The minimum atomic E-state index is -0.109. The first kappa shape index (κ1) is 21.6. The zero-order valence-electron chi connectivity index (χ0n) is 18.7. The molecule has 31 heavy (non-hydrogen) atoms. The number of imide groups is 1. The van der Waals surface area contributed by atoms with E-state index in [4.69, 9.17) is 4.52 Å². The molecule has 4 unspecified atom stereocenters. The molecule has 0 radical (unpaired) electrons. The Morgan fingerprint density at radius 2 is 1.87 bits per heavy atom. The van der Waals surface area contributed by atoms with Gasteiger partial charge in [0.1, 0.15) is 5.76 Å². The quantitative estimate of drug-likeness (QED) is 0.206. The highest BCUT2D eigenvalue weighted by Crippen LogP contribution is 2.52. The monoisotopic (exact) mass is 427 g/mol. The van der Waals surface area contributed by atoms with Gasteiger partial charge in [0.05, 0.1) is 17.5 Å². The Morgan fingerprint density at radius 1 is 1.16 bits per heavy atom. The second-order valence-corrected chi connectivity index (χ2v) is 8.78. The third-order valence-electron chi connectivity index (χ3n) is 6.79. The lowest BCUT2D eigenvalue weighted by Crippen LogP contribution is -2.38. The number of nitrogens with one attached hydrogen (secondary N) is 2. The number of aryl methyl sites for hydroxylation is 2. The summed E-state index contributed by atoms with van der Waals surface area (Å²) in [5.41, 5.74) is 2.13. The van der Waals surface area contributed by atoms with Crippen LogP contribution in [-0.2, 0) is 16.0 Å². The zero-order valence-corrected chi connectivity index (χ0v) is 18.7. The van der Waals surface area contributed by atoms with Crippen molar-refractivity contribution in [3.8, 4) is 0 Å². The smallest absolute Gasteiger partial charge is 0.233 e. The van der Waals surface area contributed by atoms with E-state index >= 15 is 0 Å². The molecule has 3 aliphatic rings. The molecule has 0 spiro atoms. The van der Waals surface area contributed by atoms with Gasteiger partial charge in [-0.15, -0.1) is 0 Å². The van der Waals surface area contributed by atoms with Gasteiger partial charge in [0.25, 0.3) is 0 Å². The fourth-order valence-corrected chi connectivity index (χ4v) is 5.28. The molecule has 1 aromatic heterocycles. The minimum absolute atomic E-state index is 0.0279. The normalized spacial score (nSPS) is 26.8. The van der Waals surface area contributed by atoms with E-state index < -0.39 is 0 Å². The number of hydrogen-bond donors (Lipinski definition) is 2. The summed E-state index contributed by atoms with van der Waals surface area (Å²) in [5.74, 6) is 2.02. The molecule has 2 bridgehead atoms. The molecule has 0 aromatic carbocycles. The van der Waals surface area contributed by atoms with Gasteiger partial charge in [0.2, 0.25) is 11.8 Å². The third kappa shape index (κ3) is 4.25. The largest absolute Gasteiger partial charge is 0.361 e. The second kappa shape index (κ2) is 9.24. The van der Waals surface area contributed by atoms with Crippen molar-refractivity contribution in [2.24, 2.45) is 28.7 Å². The number of carbonyl (C=O) groups excluding carboxylic acids is 2. The van der Waals surface area contributed by atoms with Crippen LogP contribution in [0.15, 0.2) is 21.7 Å². The van der Waals surface area contributed by atoms with Gasteiger partial charge in [-0.05, 0) is 58.3 Å². The lowest BCUT2D eigenvalue weighted by Gasteiger charge is -2.17. The number of aliphatic imine (C=N–C) groups is 1. The van der Waals surface area contributed by atoms with Crippen molar-refractivity contribution < 1.29 is 14.1 Å². The number of allylic oxidation sites excluding steroid dienone is 2. The van der Waals surface area contributed by atoms with Crippen molar-refractivity contribution in [2.75, 3.05) is 26.2 Å². The molecule has 1 aliphatic heterocycles. The average Bonchev–Trinajstić information content (AvgIpc) is 3.50. The van der Waals surface area contributed by atoms with Gasteiger partial charge in [0.15, 0.2) is 5.96 Å². The van der Waals surface area contributed by atoms with Crippen molar-refractivity contribution in [3.05, 3.63) is 29.2 Å². The van der Waals surface area contributed by atoms with Crippen molar-refractivity contribution in [1.82, 2.24) is 20.7 Å². The molecule has 1 saturated heterocycles. The zero-order chi connectivity index (χ0) is 22.0. The molecular weight excluding hydrogens is 394 g/mol. The summed E-state index contributed by atoms with van der Waals surface area (Å²) >= 11 is 0. The SMILES string of the molecule is CCNC(=NCCCN1C(=O)C2C3C=CC(C3)C2C1=O)NCCCc1c(C)noc1C. The van der Waals surface area contributed by atoms with Gasteiger partial charge >= 0.3 is 0 Å². The Bertz CT molecular complexity index is 840. The third-order valence-corrected chi connectivity index (χ3v) is 6.79. The number of aromatic nitrogens is 1. The van der Waals surface area contributed by atoms with Gasteiger partial charge in [-0.2, -0.15) is 0 Å². The molecule has 2 amide bonds. The molecule has 168 valence electrons. The predicted octanol–water partition coefficient (Wildman–Crippen LogP) is 1.98. The lowest BCUT2D eigenvalue weighted by atomic mass is 9.85. The molecule has 8 nitrogen and oxygen atoms in total. The van der Waals surface area contributed by atoms with E-state index in [1.54, 1.807) is 0 Å². The van der Waals surface area contributed by atoms with Gasteiger partial charge in [-0.25, -0.2) is 0 Å².